The Kier molecular flexibility index (Phi) is 4.30. The number of anilines is 1. The highest BCUT2D eigenvalue weighted by Crippen LogP contribution is 2.21. The first kappa shape index (κ1) is 12.6. The van der Waals surface area contributed by atoms with Gasteiger partial charge in [0.05, 0.1) is 12.8 Å². The maximum absolute atomic E-state index is 5.88. The average molecular weight is 265 g/mol. The Balaban J connectivity index is 1.80. The van der Waals surface area contributed by atoms with Crippen molar-refractivity contribution in [2.75, 3.05) is 12.3 Å². The molecular weight excluding hydrogens is 252 g/mol. The Labute approximate surface area is 110 Å². The van der Waals surface area contributed by atoms with E-state index in [9.17, 15) is 0 Å². The Morgan fingerprint density at radius 1 is 1.28 bits per heavy atom. The van der Waals surface area contributed by atoms with E-state index >= 15 is 0 Å². The van der Waals surface area contributed by atoms with Crippen molar-refractivity contribution in [2.24, 2.45) is 0 Å². The summed E-state index contributed by atoms with van der Waals surface area (Å²) >= 11 is 5.88. The number of halogens is 1. The number of hydrogen-bond acceptors (Lipinski definition) is 5. The lowest BCUT2D eigenvalue weighted by atomic mass is 10.1. The van der Waals surface area contributed by atoms with Crippen molar-refractivity contribution in [1.82, 2.24) is 15.0 Å². The van der Waals surface area contributed by atoms with Crippen LogP contribution in [0.15, 0.2) is 30.7 Å². The number of nitrogens with two attached hydrogens (primary N) is 1. The van der Waals surface area contributed by atoms with E-state index in [2.05, 4.69) is 15.0 Å². The molecule has 0 saturated carbocycles. The van der Waals surface area contributed by atoms with Crippen LogP contribution in [0.2, 0.25) is 5.02 Å². The summed E-state index contributed by atoms with van der Waals surface area (Å²) in [6, 6.07) is 3.96. The third-order valence-electron chi connectivity index (χ3n) is 2.33. The van der Waals surface area contributed by atoms with E-state index in [1.807, 2.05) is 12.1 Å². The van der Waals surface area contributed by atoms with Gasteiger partial charge in [-0.15, -0.1) is 0 Å². The van der Waals surface area contributed by atoms with Crippen LogP contribution in [-0.2, 0) is 6.42 Å². The van der Waals surface area contributed by atoms with Crippen LogP contribution < -0.4 is 10.5 Å². The summed E-state index contributed by atoms with van der Waals surface area (Å²) in [5, 5.41) is 0.369. The quantitative estimate of drug-likeness (QED) is 0.838. The molecule has 0 unspecified atom stereocenters. The van der Waals surface area contributed by atoms with Gasteiger partial charge in [-0.25, -0.2) is 4.98 Å². The molecule has 0 fully saturated rings. The van der Waals surface area contributed by atoms with Crippen molar-refractivity contribution in [3.05, 3.63) is 41.3 Å². The topological polar surface area (TPSA) is 73.9 Å². The van der Waals surface area contributed by atoms with Crippen LogP contribution in [0.4, 0.5) is 5.95 Å². The summed E-state index contributed by atoms with van der Waals surface area (Å²) in [5.74, 6) is 0.488. The van der Waals surface area contributed by atoms with Gasteiger partial charge < -0.3 is 10.5 Å². The zero-order valence-electron chi connectivity index (χ0n) is 9.71. The summed E-state index contributed by atoms with van der Waals surface area (Å²) in [4.78, 5) is 11.6. The van der Waals surface area contributed by atoms with Crippen LogP contribution in [0.5, 0.6) is 5.88 Å². The van der Waals surface area contributed by atoms with Gasteiger partial charge in [-0.3, -0.25) is 4.98 Å². The third kappa shape index (κ3) is 3.56. The predicted octanol–water partition coefficient (Wildman–Crippen LogP) is 2.12. The van der Waals surface area contributed by atoms with E-state index in [1.54, 1.807) is 12.4 Å². The summed E-state index contributed by atoms with van der Waals surface area (Å²) in [5.41, 5.74) is 6.68. The molecule has 18 heavy (non-hydrogen) atoms. The van der Waals surface area contributed by atoms with Crippen LogP contribution in [0.25, 0.3) is 0 Å². The molecule has 5 nitrogen and oxygen atoms in total. The normalized spacial score (nSPS) is 10.3. The van der Waals surface area contributed by atoms with Gasteiger partial charge in [0.1, 0.15) is 5.02 Å². The number of nitrogen functional groups attached to an aromatic ring is 1. The van der Waals surface area contributed by atoms with Crippen LogP contribution in [-0.4, -0.2) is 21.6 Å². The van der Waals surface area contributed by atoms with Crippen molar-refractivity contribution in [1.29, 1.82) is 0 Å². The van der Waals surface area contributed by atoms with Crippen LogP contribution in [0, 0.1) is 0 Å². The first-order valence-electron chi connectivity index (χ1n) is 5.55. The number of rotatable bonds is 5. The van der Waals surface area contributed by atoms with E-state index < -0.39 is 0 Å². The smallest absolute Gasteiger partial charge is 0.237 e. The van der Waals surface area contributed by atoms with Gasteiger partial charge in [0.25, 0.3) is 0 Å². The molecule has 0 saturated heterocycles. The number of pyridine rings is 1. The van der Waals surface area contributed by atoms with Crippen LogP contribution in [0.1, 0.15) is 12.0 Å². The maximum Gasteiger partial charge on any atom is 0.237 e. The third-order valence-corrected chi connectivity index (χ3v) is 2.59. The molecular formula is C12H13ClN4O. The molecule has 0 aliphatic rings. The lowest BCUT2D eigenvalue weighted by Gasteiger charge is -2.06. The molecule has 6 heteroatoms. The minimum Gasteiger partial charge on any atom is -0.476 e. The van der Waals surface area contributed by atoms with Gasteiger partial charge in [0.2, 0.25) is 11.8 Å². The fourth-order valence-electron chi connectivity index (χ4n) is 1.46. The number of nitrogens with zero attached hydrogens (tertiary/aromatic N) is 3. The highest BCUT2D eigenvalue weighted by Gasteiger charge is 2.04. The maximum atomic E-state index is 5.88. The molecule has 2 aromatic heterocycles. The second-order valence-electron chi connectivity index (χ2n) is 3.69. The fraction of sp³-hybridized carbons (Fsp3) is 0.250. The molecule has 0 aliphatic heterocycles. The molecule has 2 N–H and O–H groups in total. The van der Waals surface area contributed by atoms with Crippen LogP contribution in [0.3, 0.4) is 0 Å². The van der Waals surface area contributed by atoms with Gasteiger partial charge in [-0.2, -0.15) is 4.98 Å². The number of aryl methyl sites for hydroxylation is 1. The Morgan fingerprint density at radius 2 is 2.06 bits per heavy atom. The zero-order valence-corrected chi connectivity index (χ0v) is 10.5. The van der Waals surface area contributed by atoms with E-state index in [1.165, 1.54) is 11.8 Å². The van der Waals surface area contributed by atoms with Gasteiger partial charge in [0.15, 0.2) is 0 Å². The van der Waals surface area contributed by atoms with Crippen molar-refractivity contribution in [3.63, 3.8) is 0 Å². The summed E-state index contributed by atoms with van der Waals surface area (Å²) in [6.45, 7) is 0.526. The SMILES string of the molecule is Nc1ncc(Cl)c(OCCCc2ccncc2)n1. The molecule has 0 atom stereocenters. The van der Waals surface area contributed by atoms with Gasteiger partial charge in [0, 0.05) is 12.4 Å². The van der Waals surface area contributed by atoms with Crippen molar-refractivity contribution in [2.45, 2.75) is 12.8 Å². The minimum atomic E-state index is 0.156. The first-order chi connectivity index (χ1) is 8.75. The molecule has 0 aromatic carbocycles. The molecule has 0 bridgehead atoms. The number of ether oxygens (including phenoxy) is 1. The van der Waals surface area contributed by atoms with E-state index in [4.69, 9.17) is 22.1 Å². The Hall–Kier alpha value is -1.88. The highest BCUT2D eigenvalue weighted by molar-refractivity contribution is 6.31. The largest absolute Gasteiger partial charge is 0.476 e. The number of aromatic nitrogens is 3. The van der Waals surface area contributed by atoms with Gasteiger partial charge in [-0.05, 0) is 30.5 Å². The van der Waals surface area contributed by atoms with Crippen molar-refractivity contribution >= 4 is 17.5 Å². The average Bonchev–Trinajstić information content (AvgIpc) is 2.40. The van der Waals surface area contributed by atoms with Crippen LogP contribution >= 0.6 is 11.6 Å². The molecule has 0 aliphatic carbocycles. The Bertz CT molecular complexity index is 507. The second kappa shape index (κ2) is 6.16. The zero-order chi connectivity index (χ0) is 12.8. The molecule has 2 aromatic rings. The summed E-state index contributed by atoms with van der Waals surface area (Å²) < 4.78 is 5.46. The molecule has 0 spiro atoms. The molecule has 0 radical (unpaired) electrons. The van der Waals surface area contributed by atoms with Crippen molar-refractivity contribution < 1.29 is 4.74 Å². The molecule has 2 rings (SSSR count). The monoisotopic (exact) mass is 264 g/mol. The van der Waals surface area contributed by atoms with E-state index in [0.29, 0.717) is 17.5 Å². The molecule has 2 heterocycles. The lowest BCUT2D eigenvalue weighted by Crippen LogP contribution is -2.04. The highest BCUT2D eigenvalue weighted by atomic mass is 35.5. The van der Waals surface area contributed by atoms with E-state index in [0.717, 1.165) is 12.8 Å². The molecule has 94 valence electrons. The fourth-order valence-corrected chi connectivity index (χ4v) is 1.61. The number of hydrogen-bond donors (Lipinski definition) is 1. The summed E-state index contributed by atoms with van der Waals surface area (Å²) in [7, 11) is 0. The second-order valence-corrected chi connectivity index (χ2v) is 4.10. The van der Waals surface area contributed by atoms with Gasteiger partial charge in [-0.1, -0.05) is 11.6 Å². The van der Waals surface area contributed by atoms with E-state index in [-0.39, 0.29) is 5.95 Å². The first-order valence-corrected chi connectivity index (χ1v) is 5.93. The molecule has 0 amide bonds. The Morgan fingerprint density at radius 3 is 2.83 bits per heavy atom. The minimum absolute atomic E-state index is 0.156. The van der Waals surface area contributed by atoms with Gasteiger partial charge >= 0.3 is 0 Å². The van der Waals surface area contributed by atoms with Crippen molar-refractivity contribution in [3.8, 4) is 5.88 Å². The predicted molar refractivity (Wildman–Crippen MR) is 69.5 cm³/mol. The summed E-state index contributed by atoms with van der Waals surface area (Å²) in [6.07, 6.45) is 6.77. The lowest BCUT2D eigenvalue weighted by molar-refractivity contribution is 0.299. The standard InChI is InChI=1S/C12H13ClN4O/c13-10-8-16-12(14)17-11(10)18-7-1-2-9-3-5-15-6-4-9/h3-6,8H,1-2,7H2,(H2,14,16,17).